The zero-order valence-corrected chi connectivity index (χ0v) is 18.7. The molecule has 0 spiro atoms. The molecule has 0 aliphatic carbocycles. The number of nitrogens with zero attached hydrogens (tertiary/aromatic N) is 5. The van der Waals surface area contributed by atoms with Crippen molar-refractivity contribution >= 4 is 29.3 Å². The lowest BCUT2D eigenvalue weighted by Crippen LogP contribution is -2.46. The highest BCUT2D eigenvalue weighted by molar-refractivity contribution is 6.35. The molecule has 7 nitrogen and oxygen atoms in total. The molecule has 0 N–H and O–H groups in total. The Morgan fingerprint density at radius 1 is 1.13 bits per heavy atom. The van der Waals surface area contributed by atoms with Crippen LogP contribution in [-0.2, 0) is 16.7 Å². The number of hydrogen-bond donors (Lipinski definition) is 0. The van der Waals surface area contributed by atoms with Gasteiger partial charge in [-0.3, -0.25) is 0 Å². The Hall–Kier alpha value is -2.64. The van der Waals surface area contributed by atoms with E-state index in [0.29, 0.717) is 55.0 Å². The van der Waals surface area contributed by atoms with E-state index in [-0.39, 0.29) is 6.09 Å². The van der Waals surface area contributed by atoms with Gasteiger partial charge in [0.25, 0.3) is 0 Å². The number of tetrazole rings is 1. The highest BCUT2D eigenvalue weighted by atomic mass is 35.5. The third-order valence-electron chi connectivity index (χ3n) is 5.68. The van der Waals surface area contributed by atoms with Crippen molar-refractivity contribution in [2.45, 2.75) is 31.7 Å². The number of carbonyl (C=O) groups is 1. The van der Waals surface area contributed by atoms with E-state index in [1.807, 2.05) is 31.2 Å². The summed E-state index contributed by atoms with van der Waals surface area (Å²) < 4.78 is 5.17. The summed E-state index contributed by atoms with van der Waals surface area (Å²) in [5, 5.41) is 14.6. The van der Waals surface area contributed by atoms with Crippen molar-refractivity contribution in [3.63, 3.8) is 0 Å². The summed E-state index contributed by atoms with van der Waals surface area (Å²) in [6, 6.07) is 15.5. The number of carbonyl (C=O) groups excluding carboxylic acids is 1. The SMILES string of the molecule is CCOC(=O)N1CCC(c2ccccc2)(c2nnn(Cc3ccc(Cl)cc3Cl)n2)CC1. The van der Waals surface area contributed by atoms with Crippen LogP contribution in [0.5, 0.6) is 0 Å². The van der Waals surface area contributed by atoms with Gasteiger partial charge in [-0.1, -0.05) is 59.6 Å². The van der Waals surface area contributed by atoms with E-state index >= 15 is 0 Å². The van der Waals surface area contributed by atoms with E-state index in [0.717, 1.165) is 11.1 Å². The molecule has 31 heavy (non-hydrogen) atoms. The fourth-order valence-corrected chi connectivity index (χ4v) is 4.46. The molecule has 3 aromatic rings. The Bertz CT molecular complexity index is 1050. The average Bonchev–Trinajstić information content (AvgIpc) is 3.26. The van der Waals surface area contributed by atoms with Crippen molar-refractivity contribution in [3.8, 4) is 0 Å². The van der Waals surface area contributed by atoms with Gasteiger partial charge in [0.1, 0.15) is 0 Å². The third kappa shape index (κ3) is 4.52. The van der Waals surface area contributed by atoms with Crippen molar-refractivity contribution < 1.29 is 9.53 Å². The molecule has 1 aliphatic heterocycles. The maximum Gasteiger partial charge on any atom is 0.409 e. The summed E-state index contributed by atoms with van der Waals surface area (Å²) in [7, 11) is 0. The van der Waals surface area contributed by atoms with Crippen LogP contribution in [0, 0.1) is 0 Å². The minimum absolute atomic E-state index is 0.279. The number of aromatic nitrogens is 4. The number of ether oxygens (including phenoxy) is 1. The van der Waals surface area contributed by atoms with Gasteiger partial charge in [-0.05, 0) is 48.2 Å². The van der Waals surface area contributed by atoms with Gasteiger partial charge < -0.3 is 9.64 Å². The molecule has 9 heteroatoms. The Morgan fingerprint density at radius 2 is 1.87 bits per heavy atom. The van der Waals surface area contributed by atoms with Crippen LogP contribution in [0.3, 0.4) is 0 Å². The Morgan fingerprint density at radius 3 is 2.55 bits per heavy atom. The van der Waals surface area contributed by atoms with Crippen molar-refractivity contribution in [2.75, 3.05) is 19.7 Å². The first-order chi connectivity index (χ1) is 15.0. The van der Waals surface area contributed by atoms with E-state index in [2.05, 4.69) is 22.4 Å². The van der Waals surface area contributed by atoms with Gasteiger partial charge in [-0.15, -0.1) is 10.2 Å². The Balaban J connectivity index is 1.61. The molecule has 0 radical (unpaired) electrons. The monoisotopic (exact) mass is 459 g/mol. The smallest absolute Gasteiger partial charge is 0.409 e. The summed E-state index contributed by atoms with van der Waals surface area (Å²) >= 11 is 12.3. The normalized spacial score (nSPS) is 15.6. The number of likely N-dealkylation sites (tertiary alicyclic amines) is 1. The van der Waals surface area contributed by atoms with Gasteiger partial charge in [-0.25, -0.2) is 4.79 Å². The van der Waals surface area contributed by atoms with Crippen molar-refractivity contribution in [1.82, 2.24) is 25.1 Å². The maximum absolute atomic E-state index is 12.2. The van der Waals surface area contributed by atoms with Crippen LogP contribution < -0.4 is 0 Å². The summed E-state index contributed by atoms with van der Waals surface area (Å²) in [4.78, 5) is 15.5. The number of amides is 1. The highest BCUT2D eigenvalue weighted by Gasteiger charge is 2.42. The van der Waals surface area contributed by atoms with Gasteiger partial charge in [0.2, 0.25) is 0 Å². The van der Waals surface area contributed by atoms with E-state index in [4.69, 9.17) is 33.0 Å². The van der Waals surface area contributed by atoms with Crippen LogP contribution in [0.15, 0.2) is 48.5 Å². The summed E-state index contributed by atoms with van der Waals surface area (Å²) in [6.07, 6.45) is 1.09. The van der Waals surface area contributed by atoms with Crippen LogP contribution >= 0.6 is 23.2 Å². The van der Waals surface area contributed by atoms with Crippen LogP contribution in [0.25, 0.3) is 0 Å². The molecule has 4 rings (SSSR count). The number of rotatable bonds is 5. The molecule has 0 saturated carbocycles. The molecule has 2 aromatic carbocycles. The van der Waals surface area contributed by atoms with Gasteiger partial charge in [0.05, 0.1) is 18.6 Å². The van der Waals surface area contributed by atoms with Crippen LogP contribution in [0.4, 0.5) is 4.79 Å². The molecule has 1 saturated heterocycles. The van der Waals surface area contributed by atoms with Gasteiger partial charge in [0, 0.05) is 23.1 Å². The van der Waals surface area contributed by atoms with E-state index in [1.165, 1.54) is 0 Å². The molecular weight excluding hydrogens is 437 g/mol. The highest BCUT2D eigenvalue weighted by Crippen LogP contribution is 2.40. The molecular formula is C22H23Cl2N5O2. The van der Waals surface area contributed by atoms with E-state index in [1.54, 1.807) is 21.8 Å². The molecule has 1 aromatic heterocycles. The van der Waals surface area contributed by atoms with Crippen molar-refractivity contribution in [3.05, 3.63) is 75.5 Å². The molecule has 0 bridgehead atoms. The first-order valence-electron chi connectivity index (χ1n) is 10.2. The molecule has 2 heterocycles. The summed E-state index contributed by atoms with van der Waals surface area (Å²) in [5.41, 5.74) is 1.55. The Labute approximate surface area is 190 Å². The number of piperidine rings is 1. The average molecular weight is 460 g/mol. The Kier molecular flexibility index (Phi) is 6.43. The third-order valence-corrected chi connectivity index (χ3v) is 6.26. The minimum Gasteiger partial charge on any atom is -0.450 e. The maximum atomic E-state index is 12.2. The van der Waals surface area contributed by atoms with E-state index < -0.39 is 5.41 Å². The second-order valence-corrected chi connectivity index (χ2v) is 8.36. The van der Waals surface area contributed by atoms with Crippen molar-refractivity contribution in [2.24, 2.45) is 0 Å². The summed E-state index contributed by atoms with van der Waals surface area (Å²) in [5.74, 6) is 0.646. The molecule has 0 unspecified atom stereocenters. The van der Waals surface area contributed by atoms with Gasteiger partial charge in [0.15, 0.2) is 5.82 Å². The number of halogens is 2. The zero-order chi connectivity index (χ0) is 21.8. The lowest BCUT2D eigenvalue weighted by Gasteiger charge is -2.39. The predicted molar refractivity (Wildman–Crippen MR) is 118 cm³/mol. The zero-order valence-electron chi connectivity index (χ0n) is 17.2. The largest absolute Gasteiger partial charge is 0.450 e. The topological polar surface area (TPSA) is 73.1 Å². The standard InChI is InChI=1S/C22H23Cl2N5O2/c1-2-31-21(30)28-12-10-22(11-13-28,17-6-4-3-5-7-17)20-25-27-29(26-20)15-16-8-9-18(23)14-19(16)24/h3-9,14H,2,10-13,15H2,1H3. The second-order valence-electron chi connectivity index (χ2n) is 7.51. The van der Waals surface area contributed by atoms with Crippen molar-refractivity contribution in [1.29, 1.82) is 0 Å². The van der Waals surface area contributed by atoms with Gasteiger partial charge >= 0.3 is 6.09 Å². The lowest BCUT2D eigenvalue weighted by atomic mass is 9.72. The predicted octanol–water partition coefficient (Wildman–Crippen LogP) is 4.57. The molecule has 162 valence electrons. The van der Waals surface area contributed by atoms with Crippen LogP contribution in [0.1, 0.15) is 36.7 Å². The lowest BCUT2D eigenvalue weighted by molar-refractivity contribution is 0.0897. The second kappa shape index (κ2) is 9.24. The molecule has 1 fully saturated rings. The number of hydrogen-bond acceptors (Lipinski definition) is 5. The first-order valence-corrected chi connectivity index (χ1v) is 11.0. The molecule has 1 amide bonds. The van der Waals surface area contributed by atoms with Crippen LogP contribution in [0.2, 0.25) is 10.0 Å². The minimum atomic E-state index is -0.424. The van der Waals surface area contributed by atoms with Crippen LogP contribution in [-0.4, -0.2) is 50.9 Å². The number of benzene rings is 2. The van der Waals surface area contributed by atoms with Gasteiger partial charge in [-0.2, -0.15) is 4.80 Å². The fourth-order valence-electron chi connectivity index (χ4n) is 3.99. The quantitative estimate of drug-likeness (QED) is 0.558. The van der Waals surface area contributed by atoms with E-state index in [9.17, 15) is 4.79 Å². The fraction of sp³-hybridized carbons (Fsp3) is 0.364. The summed E-state index contributed by atoms with van der Waals surface area (Å²) in [6.45, 7) is 3.69. The molecule has 1 aliphatic rings. The molecule has 0 atom stereocenters. The first kappa shape index (κ1) is 21.6.